The highest BCUT2D eigenvalue weighted by Crippen LogP contribution is 2.60. The highest BCUT2D eigenvalue weighted by molar-refractivity contribution is 7.65. The van der Waals surface area contributed by atoms with Gasteiger partial charge in [-0.1, -0.05) is 13.8 Å². The second-order valence-corrected chi connectivity index (χ2v) is 9.57. The minimum absolute atomic E-state index is 0.0904. The summed E-state index contributed by atoms with van der Waals surface area (Å²) in [6.07, 6.45) is -0.416. The Balaban J connectivity index is 3.10. The summed E-state index contributed by atoms with van der Waals surface area (Å²) in [6.45, 7) is 7.46. The quantitative estimate of drug-likeness (QED) is 0.618. The first-order valence-corrected chi connectivity index (χ1v) is 9.29. The van der Waals surface area contributed by atoms with Crippen LogP contribution in [0.1, 0.15) is 41.0 Å². The van der Waals surface area contributed by atoms with E-state index < -0.39 is 37.1 Å². The zero-order chi connectivity index (χ0) is 17.1. The van der Waals surface area contributed by atoms with Crippen LogP contribution in [0.3, 0.4) is 0 Å². The van der Waals surface area contributed by atoms with Gasteiger partial charge in [0.2, 0.25) is 5.91 Å². The molecule has 0 aliphatic carbocycles. The molecular weight excluding hydrogens is 309 g/mol. The highest BCUT2D eigenvalue weighted by Gasteiger charge is 2.49. The van der Waals surface area contributed by atoms with Crippen molar-refractivity contribution in [3.8, 4) is 0 Å². The fourth-order valence-electron chi connectivity index (χ4n) is 2.69. The monoisotopic (exact) mass is 333 g/mol. The van der Waals surface area contributed by atoms with Crippen LogP contribution in [0.4, 0.5) is 0 Å². The van der Waals surface area contributed by atoms with Crippen LogP contribution in [0.5, 0.6) is 0 Å². The molecule has 22 heavy (non-hydrogen) atoms. The first-order valence-electron chi connectivity index (χ1n) is 7.26. The van der Waals surface area contributed by atoms with Gasteiger partial charge in [-0.05, 0) is 0 Å². The number of esters is 2. The molecule has 1 saturated heterocycles. The van der Waals surface area contributed by atoms with Gasteiger partial charge in [-0.2, -0.15) is 0 Å². The van der Waals surface area contributed by atoms with Crippen molar-refractivity contribution >= 4 is 25.0 Å². The van der Waals surface area contributed by atoms with Gasteiger partial charge in [0.1, 0.15) is 13.2 Å². The van der Waals surface area contributed by atoms with E-state index in [-0.39, 0.29) is 24.1 Å². The van der Waals surface area contributed by atoms with Crippen LogP contribution in [0.25, 0.3) is 0 Å². The summed E-state index contributed by atoms with van der Waals surface area (Å²) in [5.74, 6) is -2.07. The van der Waals surface area contributed by atoms with E-state index in [1.165, 1.54) is 20.8 Å². The van der Waals surface area contributed by atoms with E-state index in [0.717, 1.165) is 0 Å². The average molecular weight is 333 g/mol. The lowest BCUT2D eigenvalue weighted by Crippen LogP contribution is -2.52. The Labute approximate surface area is 130 Å². The molecule has 0 aromatic rings. The normalized spacial score (nSPS) is 31.5. The molecule has 1 aliphatic heterocycles. The molecule has 0 radical (unpaired) electrons. The fourth-order valence-corrected chi connectivity index (χ4v) is 5.82. The molecule has 0 aromatic heterocycles. The van der Waals surface area contributed by atoms with Gasteiger partial charge in [0.15, 0.2) is 5.85 Å². The zero-order valence-electron chi connectivity index (χ0n) is 13.6. The molecular formula is C14H24NO6P. The van der Waals surface area contributed by atoms with Crippen LogP contribution in [-0.2, 0) is 28.4 Å². The third-order valence-corrected chi connectivity index (χ3v) is 7.71. The number of amides is 1. The molecule has 0 saturated carbocycles. The van der Waals surface area contributed by atoms with Gasteiger partial charge >= 0.3 is 11.9 Å². The number of carbonyl (C=O) groups is 3. The maximum atomic E-state index is 13.2. The van der Waals surface area contributed by atoms with Crippen molar-refractivity contribution in [2.45, 2.75) is 64.7 Å². The maximum absolute atomic E-state index is 13.2. The van der Waals surface area contributed by atoms with Crippen molar-refractivity contribution in [2.24, 2.45) is 0 Å². The molecule has 4 atom stereocenters. The Morgan fingerprint density at radius 2 is 1.64 bits per heavy atom. The number of nitrogens with one attached hydrogen (secondary N) is 1. The van der Waals surface area contributed by atoms with Crippen LogP contribution < -0.4 is 5.32 Å². The molecule has 1 aliphatic rings. The van der Waals surface area contributed by atoms with E-state index >= 15 is 0 Å². The second kappa shape index (κ2) is 7.27. The summed E-state index contributed by atoms with van der Waals surface area (Å²) in [4.78, 5) is 33.9. The molecule has 0 unspecified atom stereocenters. The van der Waals surface area contributed by atoms with Crippen molar-refractivity contribution in [2.75, 3.05) is 6.16 Å². The lowest BCUT2D eigenvalue weighted by atomic mass is 10.1. The topological polar surface area (TPSA) is 98.8 Å². The standard InChI is InChI=1S/C14H24NO6P/c1-8(2)22(19)7-13(20-10(4)17)12(15-9(3)16)6-14(22)21-11(5)18/h8,12-14H,6-7H2,1-5H3,(H,15,16)/t12-,13+,14-,22+/m0/s1. The van der Waals surface area contributed by atoms with E-state index in [9.17, 15) is 18.9 Å². The van der Waals surface area contributed by atoms with Gasteiger partial charge in [0.25, 0.3) is 0 Å². The van der Waals surface area contributed by atoms with Gasteiger partial charge in [-0.15, -0.1) is 0 Å². The van der Waals surface area contributed by atoms with Crippen LogP contribution in [0, 0.1) is 0 Å². The third kappa shape index (κ3) is 4.57. The number of carbonyl (C=O) groups excluding carboxylic acids is 3. The molecule has 0 aromatic carbocycles. The minimum atomic E-state index is -2.91. The third-order valence-electron chi connectivity index (χ3n) is 3.74. The highest BCUT2D eigenvalue weighted by atomic mass is 31.2. The molecule has 1 fully saturated rings. The fraction of sp³-hybridized carbons (Fsp3) is 0.786. The van der Waals surface area contributed by atoms with Crippen LogP contribution >= 0.6 is 7.14 Å². The molecule has 8 heteroatoms. The molecule has 0 spiro atoms. The Morgan fingerprint density at radius 3 is 2.05 bits per heavy atom. The average Bonchev–Trinajstić information content (AvgIpc) is 2.32. The van der Waals surface area contributed by atoms with Crippen LogP contribution in [-0.4, -0.2) is 47.7 Å². The first-order chi connectivity index (χ1) is 10.1. The van der Waals surface area contributed by atoms with E-state index in [1.54, 1.807) is 13.8 Å². The van der Waals surface area contributed by atoms with Gasteiger partial charge in [-0.3, -0.25) is 14.4 Å². The van der Waals surface area contributed by atoms with Crippen molar-refractivity contribution < 1.29 is 28.4 Å². The molecule has 7 nitrogen and oxygen atoms in total. The Morgan fingerprint density at radius 1 is 1.09 bits per heavy atom. The molecule has 1 N–H and O–H groups in total. The molecule has 1 amide bonds. The number of hydrogen-bond donors (Lipinski definition) is 1. The van der Waals surface area contributed by atoms with Crippen molar-refractivity contribution in [3.63, 3.8) is 0 Å². The van der Waals surface area contributed by atoms with Gasteiger partial charge in [0.05, 0.1) is 6.04 Å². The van der Waals surface area contributed by atoms with Crippen molar-refractivity contribution in [1.82, 2.24) is 5.32 Å². The lowest BCUT2D eigenvalue weighted by Gasteiger charge is -2.41. The van der Waals surface area contributed by atoms with Crippen molar-refractivity contribution in [1.29, 1.82) is 0 Å². The summed E-state index contributed by atoms with van der Waals surface area (Å²) in [5, 5.41) is 2.69. The molecule has 0 bridgehead atoms. The van der Waals surface area contributed by atoms with Crippen LogP contribution in [0.15, 0.2) is 0 Å². The zero-order valence-corrected chi connectivity index (χ0v) is 14.5. The van der Waals surface area contributed by atoms with Gasteiger partial charge in [-0.25, -0.2) is 0 Å². The molecule has 1 heterocycles. The Kier molecular flexibility index (Phi) is 6.17. The SMILES string of the molecule is CC(=O)N[C@H]1C[C@@H](OC(C)=O)[P@](=O)(C(C)C)C[C@H]1OC(C)=O. The lowest BCUT2D eigenvalue weighted by molar-refractivity contribution is -0.151. The molecule has 126 valence electrons. The largest absolute Gasteiger partial charge is 0.460 e. The number of rotatable bonds is 4. The first kappa shape index (κ1) is 18.7. The minimum Gasteiger partial charge on any atom is -0.460 e. The van der Waals surface area contributed by atoms with E-state index in [1.807, 2.05) is 0 Å². The van der Waals surface area contributed by atoms with Crippen LogP contribution in [0.2, 0.25) is 0 Å². The summed E-state index contributed by atoms with van der Waals surface area (Å²) in [7, 11) is -2.91. The predicted octanol–water partition coefficient (Wildman–Crippen LogP) is 1.49. The smallest absolute Gasteiger partial charge is 0.303 e. The predicted molar refractivity (Wildman–Crippen MR) is 80.9 cm³/mol. The summed E-state index contributed by atoms with van der Waals surface area (Å²) in [6, 6.07) is -0.522. The summed E-state index contributed by atoms with van der Waals surface area (Å²) >= 11 is 0. The van der Waals surface area contributed by atoms with E-state index in [0.29, 0.717) is 0 Å². The second-order valence-electron chi connectivity index (χ2n) is 5.89. The Bertz CT molecular complexity index is 504. The Hall–Kier alpha value is -1.36. The molecule has 1 rings (SSSR count). The van der Waals surface area contributed by atoms with Gasteiger partial charge < -0.3 is 19.4 Å². The van der Waals surface area contributed by atoms with E-state index in [4.69, 9.17) is 9.47 Å². The number of hydrogen-bond acceptors (Lipinski definition) is 6. The van der Waals surface area contributed by atoms with Crippen molar-refractivity contribution in [3.05, 3.63) is 0 Å². The van der Waals surface area contributed by atoms with E-state index in [2.05, 4.69) is 5.32 Å². The maximum Gasteiger partial charge on any atom is 0.303 e. The van der Waals surface area contributed by atoms with Gasteiger partial charge in [0, 0.05) is 39.0 Å². The summed E-state index contributed by atoms with van der Waals surface area (Å²) in [5.41, 5.74) is -0.215. The number of ether oxygens (including phenoxy) is 2. The summed E-state index contributed by atoms with van der Waals surface area (Å²) < 4.78 is 23.7.